The van der Waals surface area contributed by atoms with Crippen molar-refractivity contribution < 1.29 is 9.18 Å². The first-order valence-corrected chi connectivity index (χ1v) is 7.10. The zero-order valence-electron chi connectivity index (χ0n) is 11.1. The van der Waals surface area contributed by atoms with E-state index in [-0.39, 0.29) is 5.82 Å². The summed E-state index contributed by atoms with van der Waals surface area (Å²) in [5.74, 6) is -0.347. The first kappa shape index (κ1) is 14.0. The maximum Gasteiger partial charge on any atom is 0.325 e. The molecule has 2 amide bonds. The van der Waals surface area contributed by atoms with Crippen LogP contribution in [0.4, 0.5) is 20.0 Å². The topological polar surface area (TPSA) is 77.8 Å². The molecule has 0 saturated heterocycles. The molecular formula is C15H9FN4OS. The number of nitrogens with one attached hydrogen (secondary N) is 2. The average Bonchev–Trinajstić information content (AvgIpc) is 2.88. The van der Waals surface area contributed by atoms with Crippen LogP contribution >= 0.6 is 11.3 Å². The Hall–Kier alpha value is -2.98. The first-order chi connectivity index (χ1) is 10.6. The van der Waals surface area contributed by atoms with Crippen molar-refractivity contribution in [2.24, 2.45) is 0 Å². The van der Waals surface area contributed by atoms with Gasteiger partial charge in [-0.05, 0) is 36.4 Å². The average molecular weight is 312 g/mol. The van der Waals surface area contributed by atoms with Crippen LogP contribution in [0.2, 0.25) is 0 Å². The second-order valence-corrected chi connectivity index (χ2v) is 5.43. The van der Waals surface area contributed by atoms with Gasteiger partial charge in [0, 0.05) is 5.69 Å². The van der Waals surface area contributed by atoms with E-state index in [1.54, 1.807) is 30.3 Å². The van der Waals surface area contributed by atoms with Gasteiger partial charge in [0.05, 0.1) is 21.8 Å². The number of urea groups is 1. The highest BCUT2D eigenvalue weighted by Crippen LogP contribution is 2.26. The van der Waals surface area contributed by atoms with E-state index in [0.717, 1.165) is 0 Å². The second-order valence-electron chi connectivity index (χ2n) is 4.40. The van der Waals surface area contributed by atoms with E-state index in [9.17, 15) is 9.18 Å². The van der Waals surface area contributed by atoms with E-state index >= 15 is 0 Å². The Labute approximate surface area is 129 Å². The minimum Gasteiger partial charge on any atom is -0.308 e. The van der Waals surface area contributed by atoms with E-state index in [0.29, 0.717) is 26.6 Å². The molecule has 2 N–H and O–H groups in total. The molecule has 0 bridgehead atoms. The van der Waals surface area contributed by atoms with Gasteiger partial charge < -0.3 is 5.32 Å². The molecular weight excluding hydrogens is 303 g/mol. The number of carbonyl (C=O) groups excluding carboxylic acids is 1. The number of anilines is 2. The number of hydrogen-bond acceptors (Lipinski definition) is 4. The van der Waals surface area contributed by atoms with Gasteiger partial charge in [0.1, 0.15) is 5.82 Å². The maximum atomic E-state index is 13.1. The van der Waals surface area contributed by atoms with Crippen LogP contribution < -0.4 is 10.6 Å². The van der Waals surface area contributed by atoms with Crippen molar-refractivity contribution in [2.45, 2.75) is 0 Å². The van der Waals surface area contributed by atoms with Gasteiger partial charge in [-0.25, -0.2) is 14.2 Å². The van der Waals surface area contributed by atoms with Crippen molar-refractivity contribution in [1.82, 2.24) is 4.98 Å². The number of amides is 2. The number of hydrogen-bond donors (Lipinski definition) is 2. The van der Waals surface area contributed by atoms with Crippen LogP contribution in [-0.2, 0) is 0 Å². The van der Waals surface area contributed by atoms with Crippen molar-refractivity contribution in [2.75, 3.05) is 10.6 Å². The molecule has 0 radical (unpaired) electrons. The first-order valence-electron chi connectivity index (χ1n) is 6.28. The zero-order chi connectivity index (χ0) is 15.5. The lowest BCUT2D eigenvalue weighted by atomic mass is 10.2. The normalized spacial score (nSPS) is 10.2. The quantitative estimate of drug-likeness (QED) is 0.752. The number of aromatic nitrogens is 1. The Balaban J connectivity index is 1.74. The molecule has 0 saturated carbocycles. The molecule has 7 heteroatoms. The second kappa shape index (κ2) is 5.79. The summed E-state index contributed by atoms with van der Waals surface area (Å²) >= 11 is 1.18. The molecule has 0 aliphatic heterocycles. The molecule has 2 aromatic carbocycles. The number of nitrogens with zero attached hydrogens (tertiary/aromatic N) is 2. The number of carbonyl (C=O) groups is 1. The van der Waals surface area contributed by atoms with E-state index < -0.39 is 6.03 Å². The van der Waals surface area contributed by atoms with E-state index in [4.69, 9.17) is 5.26 Å². The van der Waals surface area contributed by atoms with E-state index in [1.165, 1.54) is 23.5 Å². The third kappa shape index (κ3) is 3.02. The largest absolute Gasteiger partial charge is 0.325 e. The lowest BCUT2D eigenvalue weighted by molar-refractivity contribution is 0.262. The van der Waals surface area contributed by atoms with Crippen LogP contribution in [0.5, 0.6) is 0 Å². The maximum absolute atomic E-state index is 13.1. The predicted molar refractivity (Wildman–Crippen MR) is 83.4 cm³/mol. The highest BCUT2D eigenvalue weighted by molar-refractivity contribution is 7.22. The van der Waals surface area contributed by atoms with Gasteiger partial charge >= 0.3 is 6.03 Å². The molecule has 22 heavy (non-hydrogen) atoms. The van der Waals surface area contributed by atoms with Gasteiger partial charge in [0.15, 0.2) is 5.13 Å². The van der Waals surface area contributed by atoms with Crippen LogP contribution in [0.15, 0.2) is 42.5 Å². The van der Waals surface area contributed by atoms with E-state index in [2.05, 4.69) is 15.6 Å². The summed E-state index contributed by atoms with van der Waals surface area (Å²) in [7, 11) is 0. The molecule has 0 atom stereocenters. The van der Waals surface area contributed by atoms with Crippen molar-refractivity contribution in [3.05, 3.63) is 53.8 Å². The van der Waals surface area contributed by atoms with Crippen LogP contribution in [0, 0.1) is 17.1 Å². The molecule has 1 heterocycles. The molecule has 108 valence electrons. The predicted octanol–water partition coefficient (Wildman–Crippen LogP) is 3.95. The zero-order valence-corrected chi connectivity index (χ0v) is 11.9. The minimum absolute atomic E-state index is 0.347. The number of nitriles is 1. The summed E-state index contributed by atoms with van der Waals surface area (Å²) in [5.41, 5.74) is 1.57. The molecule has 0 aliphatic carbocycles. The fourth-order valence-electron chi connectivity index (χ4n) is 1.88. The lowest BCUT2D eigenvalue weighted by Gasteiger charge is -2.05. The third-order valence-electron chi connectivity index (χ3n) is 2.82. The number of rotatable bonds is 2. The minimum atomic E-state index is -0.477. The summed E-state index contributed by atoms with van der Waals surface area (Å²) in [6.07, 6.45) is 0. The fraction of sp³-hybridized carbons (Fsp3) is 0. The summed E-state index contributed by atoms with van der Waals surface area (Å²) in [4.78, 5) is 16.1. The molecule has 0 fully saturated rings. The summed E-state index contributed by atoms with van der Waals surface area (Å²) in [5, 5.41) is 14.4. The Kier molecular flexibility index (Phi) is 3.68. The standard InChI is InChI=1S/C15H9FN4OS/c16-10-4-5-12-13(7-10)22-15(19-12)20-14(21)18-11-3-1-2-9(6-11)8-17/h1-7H,(H2,18,19,20,21). The smallest absolute Gasteiger partial charge is 0.308 e. The Bertz CT molecular complexity index is 900. The fourth-order valence-corrected chi connectivity index (χ4v) is 2.76. The highest BCUT2D eigenvalue weighted by atomic mass is 32.1. The molecule has 3 rings (SSSR count). The molecule has 5 nitrogen and oxygen atoms in total. The van der Waals surface area contributed by atoms with Gasteiger partial charge in [-0.2, -0.15) is 5.26 Å². The van der Waals surface area contributed by atoms with Gasteiger partial charge in [0.25, 0.3) is 0 Å². The lowest BCUT2D eigenvalue weighted by Crippen LogP contribution is -2.19. The van der Waals surface area contributed by atoms with Crippen molar-refractivity contribution in [1.29, 1.82) is 5.26 Å². The third-order valence-corrected chi connectivity index (χ3v) is 3.75. The Morgan fingerprint density at radius 2 is 2.09 bits per heavy atom. The highest BCUT2D eigenvalue weighted by Gasteiger charge is 2.08. The van der Waals surface area contributed by atoms with Crippen LogP contribution in [0.25, 0.3) is 10.2 Å². The van der Waals surface area contributed by atoms with Gasteiger partial charge in [-0.15, -0.1) is 0 Å². The number of thiazole rings is 1. The van der Waals surface area contributed by atoms with Gasteiger partial charge in [-0.1, -0.05) is 17.4 Å². The molecule has 1 aromatic heterocycles. The van der Waals surface area contributed by atoms with Gasteiger partial charge in [-0.3, -0.25) is 5.32 Å². The van der Waals surface area contributed by atoms with Crippen molar-refractivity contribution in [3.63, 3.8) is 0 Å². The van der Waals surface area contributed by atoms with Gasteiger partial charge in [0.2, 0.25) is 0 Å². The van der Waals surface area contributed by atoms with Crippen LogP contribution in [-0.4, -0.2) is 11.0 Å². The molecule has 0 aliphatic rings. The molecule has 3 aromatic rings. The number of benzene rings is 2. The van der Waals surface area contributed by atoms with Crippen molar-refractivity contribution >= 4 is 38.4 Å². The Morgan fingerprint density at radius 1 is 1.23 bits per heavy atom. The monoisotopic (exact) mass is 312 g/mol. The van der Waals surface area contributed by atoms with E-state index in [1.807, 2.05) is 6.07 Å². The van der Waals surface area contributed by atoms with Crippen LogP contribution in [0.1, 0.15) is 5.56 Å². The summed E-state index contributed by atoms with van der Waals surface area (Å²) in [6, 6.07) is 12.3. The number of fused-ring (bicyclic) bond motifs is 1. The molecule has 0 spiro atoms. The van der Waals surface area contributed by atoms with Crippen molar-refractivity contribution in [3.8, 4) is 6.07 Å². The SMILES string of the molecule is N#Cc1cccc(NC(=O)Nc2nc3ccc(F)cc3s2)c1. The Morgan fingerprint density at radius 3 is 2.91 bits per heavy atom. The number of halogens is 1. The molecule has 0 unspecified atom stereocenters. The van der Waals surface area contributed by atoms with Crippen LogP contribution in [0.3, 0.4) is 0 Å². The summed E-state index contributed by atoms with van der Waals surface area (Å²) < 4.78 is 13.8. The summed E-state index contributed by atoms with van der Waals surface area (Å²) in [6.45, 7) is 0.